The third kappa shape index (κ3) is 4.77. The average molecular weight is 388 g/mol. The Morgan fingerprint density at radius 2 is 1.93 bits per heavy atom. The van der Waals surface area contributed by atoms with Crippen molar-refractivity contribution in [1.29, 1.82) is 0 Å². The van der Waals surface area contributed by atoms with Crippen LogP contribution in [0.3, 0.4) is 0 Å². The van der Waals surface area contributed by atoms with Crippen LogP contribution in [-0.2, 0) is 9.57 Å². The SMILES string of the molecule is O=C(NOC1CCCC1)Nc1ccc(-c2csc(N3CCOCC3)n2)cc1. The molecule has 0 spiro atoms. The molecule has 1 saturated carbocycles. The van der Waals surface area contributed by atoms with Crippen LogP contribution in [0, 0.1) is 0 Å². The van der Waals surface area contributed by atoms with Gasteiger partial charge in [0.2, 0.25) is 0 Å². The molecule has 2 aromatic rings. The number of amides is 2. The Morgan fingerprint density at radius 3 is 2.67 bits per heavy atom. The number of anilines is 2. The lowest BCUT2D eigenvalue weighted by Gasteiger charge is -2.26. The molecule has 2 fully saturated rings. The minimum atomic E-state index is -0.349. The van der Waals surface area contributed by atoms with Gasteiger partial charge < -0.3 is 15.0 Å². The summed E-state index contributed by atoms with van der Waals surface area (Å²) < 4.78 is 5.39. The molecule has 2 heterocycles. The number of carbonyl (C=O) groups is 1. The van der Waals surface area contributed by atoms with Gasteiger partial charge in [-0.15, -0.1) is 11.3 Å². The first kappa shape index (κ1) is 18.2. The number of thiazole rings is 1. The zero-order valence-electron chi connectivity index (χ0n) is 15.1. The van der Waals surface area contributed by atoms with E-state index in [9.17, 15) is 4.79 Å². The van der Waals surface area contributed by atoms with Gasteiger partial charge in [-0.05, 0) is 25.0 Å². The summed E-state index contributed by atoms with van der Waals surface area (Å²) in [5.41, 5.74) is 5.17. The lowest BCUT2D eigenvalue weighted by molar-refractivity contribution is 0.00336. The van der Waals surface area contributed by atoms with Crippen LogP contribution >= 0.6 is 11.3 Å². The quantitative estimate of drug-likeness (QED) is 0.765. The van der Waals surface area contributed by atoms with Gasteiger partial charge in [-0.3, -0.25) is 4.84 Å². The molecule has 2 aliphatic rings. The molecule has 27 heavy (non-hydrogen) atoms. The topological polar surface area (TPSA) is 75.7 Å². The number of ether oxygens (including phenoxy) is 1. The van der Waals surface area contributed by atoms with Gasteiger partial charge >= 0.3 is 6.03 Å². The Labute approximate surface area is 162 Å². The number of nitrogens with one attached hydrogen (secondary N) is 2. The highest BCUT2D eigenvalue weighted by Gasteiger charge is 2.17. The second kappa shape index (κ2) is 8.69. The van der Waals surface area contributed by atoms with E-state index in [1.165, 1.54) is 12.8 Å². The number of hydrogen-bond acceptors (Lipinski definition) is 6. The highest BCUT2D eigenvalue weighted by atomic mass is 32.1. The highest BCUT2D eigenvalue weighted by molar-refractivity contribution is 7.14. The molecular formula is C19H24N4O3S. The predicted molar refractivity (Wildman–Crippen MR) is 106 cm³/mol. The molecule has 0 atom stereocenters. The molecule has 7 nitrogen and oxygen atoms in total. The van der Waals surface area contributed by atoms with Crippen molar-refractivity contribution in [3.8, 4) is 11.3 Å². The maximum Gasteiger partial charge on any atom is 0.343 e. The van der Waals surface area contributed by atoms with E-state index in [4.69, 9.17) is 14.6 Å². The molecule has 2 amide bonds. The van der Waals surface area contributed by atoms with E-state index in [-0.39, 0.29) is 12.1 Å². The molecular weight excluding hydrogens is 364 g/mol. The van der Waals surface area contributed by atoms with Crippen LogP contribution in [0.5, 0.6) is 0 Å². The maximum absolute atomic E-state index is 11.9. The predicted octanol–water partition coefficient (Wildman–Crippen LogP) is 3.64. The van der Waals surface area contributed by atoms with E-state index in [0.29, 0.717) is 0 Å². The van der Waals surface area contributed by atoms with Crippen molar-refractivity contribution in [3.05, 3.63) is 29.6 Å². The summed E-state index contributed by atoms with van der Waals surface area (Å²) in [5, 5.41) is 5.88. The minimum Gasteiger partial charge on any atom is -0.378 e. The number of hydrogen-bond donors (Lipinski definition) is 2. The van der Waals surface area contributed by atoms with Crippen LogP contribution in [0.2, 0.25) is 0 Å². The molecule has 1 aromatic carbocycles. The molecule has 4 rings (SSSR count). The largest absolute Gasteiger partial charge is 0.378 e. The standard InChI is InChI=1S/C19H24N4O3S/c24-18(22-26-16-3-1-2-4-16)20-15-7-5-14(6-8-15)17-13-27-19(21-17)23-9-11-25-12-10-23/h5-8,13,16H,1-4,9-12H2,(H2,20,22,24). The van der Waals surface area contributed by atoms with Gasteiger partial charge in [-0.1, -0.05) is 25.0 Å². The summed E-state index contributed by atoms with van der Waals surface area (Å²) in [7, 11) is 0. The van der Waals surface area contributed by atoms with Gasteiger partial charge in [0.05, 0.1) is 25.0 Å². The van der Waals surface area contributed by atoms with Gasteiger partial charge in [-0.2, -0.15) is 0 Å². The number of benzene rings is 1. The molecule has 0 bridgehead atoms. The van der Waals surface area contributed by atoms with Crippen molar-refractivity contribution in [3.63, 3.8) is 0 Å². The first-order valence-electron chi connectivity index (χ1n) is 9.39. The van der Waals surface area contributed by atoms with E-state index in [1.807, 2.05) is 24.3 Å². The molecule has 144 valence electrons. The van der Waals surface area contributed by atoms with Gasteiger partial charge in [0.15, 0.2) is 5.13 Å². The number of nitrogens with zero attached hydrogens (tertiary/aromatic N) is 2. The van der Waals surface area contributed by atoms with Crippen molar-refractivity contribution < 1.29 is 14.4 Å². The van der Waals surface area contributed by atoms with Crippen LogP contribution in [-0.4, -0.2) is 43.4 Å². The fourth-order valence-electron chi connectivity index (χ4n) is 3.32. The fraction of sp³-hybridized carbons (Fsp3) is 0.474. The molecule has 0 radical (unpaired) electrons. The number of rotatable bonds is 5. The van der Waals surface area contributed by atoms with E-state index < -0.39 is 0 Å². The molecule has 1 aliphatic carbocycles. The molecule has 0 unspecified atom stereocenters. The molecule has 1 saturated heterocycles. The van der Waals surface area contributed by atoms with Crippen LogP contribution in [0.1, 0.15) is 25.7 Å². The molecule has 1 aromatic heterocycles. The van der Waals surface area contributed by atoms with Gasteiger partial charge in [0, 0.05) is 29.7 Å². The zero-order chi connectivity index (χ0) is 18.5. The zero-order valence-corrected chi connectivity index (χ0v) is 16.0. The van der Waals surface area contributed by atoms with Crippen molar-refractivity contribution in [2.75, 3.05) is 36.5 Å². The van der Waals surface area contributed by atoms with Crippen LogP contribution < -0.4 is 15.7 Å². The Balaban J connectivity index is 1.31. The number of hydroxylamine groups is 1. The van der Waals surface area contributed by atoms with E-state index in [0.717, 1.165) is 61.2 Å². The summed E-state index contributed by atoms with van der Waals surface area (Å²) in [6.07, 6.45) is 4.49. The summed E-state index contributed by atoms with van der Waals surface area (Å²) in [6, 6.07) is 7.33. The molecule has 1 aliphatic heterocycles. The monoisotopic (exact) mass is 388 g/mol. The third-order valence-electron chi connectivity index (χ3n) is 4.83. The minimum absolute atomic E-state index is 0.142. The van der Waals surface area contributed by atoms with Gasteiger partial charge in [-0.25, -0.2) is 15.3 Å². The highest BCUT2D eigenvalue weighted by Crippen LogP contribution is 2.28. The van der Waals surface area contributed by atoms with E-state index in [1.54, 1.807) is 11.3 Å². The second-order valence-corrected chi connectivity index (χ2v) is 7.61. The van der Waals surface area contributed by atoms with Crippen LogP contribution in [0.25, 0.3) is 11.3 Å². The van der Waals surface area contributed by atoms with Crippen molar-refractivity contribution in [1.82, 2.24) is 10.5 Å². The molecule has 8 heteroatoms. The smallest absolute Gasteiger partial charge is 0.343 e. The first-order chi connectivity index (χ1) is 13.3. The summed E-state index contributed by atoms with van der Waals surface area (Å²) in [5.74, 6) is 0. The third-order valence-corrected chi connectivity index (χ3v) is 5.73. The number of morpholine rings is 1. The summed E-state index contributed by atoms with van der Waals surface area (Å²) in [6.45, 7) is 3.27. The number of urea groups is 1. The van der Waals surface area contributed by atoms with Crippen LogP contribution in [0.15, 0.2) is 29.6 Å². The summed E-state index contributed by atoms with van der Waals surface area (Å²) >= 11 is 1.65. The lowest BCUT2D eigenvalue weighted by atomic mass is 10.1. The van der Waals surface area contributed by atoms with E-state index >= 15 is 0 Å². The Morgan fingerprint density at radius 1 is 1.19 bits per heavy atom. The van der Waals surface area contributed by atoms with Crippen molar-refractivity contribution in [2.45, 2.75) is 31.8 Å². The van der Waals surface area contributed by atoms with Crippen molar-refractivity contribution in [2.24, 2.45) is 0 Å². The number of carbonyl (C=O) groups excluding carboxylic acids is 1. The fourth-order valence-corrected chi connectivity index (χ4v) is 4.21. The second-order valence-electron chi connectivity index (χ2n) is 6.77. The van der Waals surface area contributed by atoms with Gasteiger partial charge in [0.25, 0.3) is 0 Å². The normalized spacial score (nSPS) is 17.9. The maximum atomic E-state index is 11.9. The molecule has 2 N–H and O–H groups in total. The van der Waals surface area contributed by atoms with Crippen molar-refractivity contribution >= 4 is 28.2 Å². The van der Waals surface area contributed by atoms with Crippen LogP contribution in [0.4, 0.5) is 15.6 Å². The average Bonchev–Trinajstić information content (AvgIpc) is 3.40. The van der Waals surface area contributed by atoms with E-state index in [2.05, 4.69) is 21.1 Å². The lowest BCUT2D eigenvalue weighted by Crippen LogP contribution is -2.36. The Hall–Kier alpha value is -2.16. The Bertz CT molecular complexity index is 753. The van der Waals surface area contributed by atoms with Gasteiger partial charge in [0.1, 0.15) is 0 Å². The Kier molecular flexibility index (Phi) is 5.86. The number of aromatic nitrogens is 1. The first-order valence-corrected chi connectivity index (χ1v) is 10.3. The summed E-state index contributed by atoms with van der Waals surface area (Å²) in [4.78, 5) is 24.3.